The van der Waals surface area contributed by atoms with Crippen molar-refractivity contribution >= 4 is 22.8 Å². The molecule has 1 fully saturated rings. The Morgan fingerprint density at radius 1 is 1.16 bits per heavy atom. The predicted octanol–water partition coefficient (Wildman–Crippen LogP) is 3.65. The number of amides is 2. The van der Waals surface area contributed by atoms with Crippen LogP contribution >= 0.6 is 0 Å². The van der Waals surface area contributed by atoms with Crippen molar-refractivity contribution in [3.8, 4) is 0 Å². The Labute approximate surface area is 180 Å². The van der Waals surface area contributed by atoms with Gasteiger partial charge < -0.3 is 14.8 Å². The van der Waals surface area contributed by atoms with Crippen molar-refractivity contribution in [1.82, 2.24) is 19.8 Å². The van der Waals surface area contributed by atoms with Gasteiger partial charge in [-0.2, -0.15) is 0 Å². The minimum atomic E-state index is -1.17. The van der Waals surface area contributed by atoms with E-state index < -0.39 is 11.4 Å². The van der Waals surface area contributed by atoms with Gasteiger partial charge in [-0.3, -0.25) is 9.59 Å². The van der Waals surface area contributed by atoms with Gasteiger partial charge in [0.1, 0.15) is 11.4 Å². The molecular formula is C24H25FN4O2. The number of hydrogen-bond donors (Lipinski definition) is 1. The van der Waals surface area contributed by atoms with Gasteiger partial charge in [-0.25, -0.2) is 9.37 Å². The minimum Gasteiger partial charge on any atom is -0.351 e. The Morgan fingerprint density at radius 3 is 2.65 bits per heavy atom. The smallest absolute Gasteiger partial charge is 0.291 e. The van der Waals surface area contributed by atoms with Crippen LogP contribution in [-0.4, -0.2) is 37.8 Å². The summed E-state index contributed by atoms with van der Waals surface area (Å²) in [5.74, 6) is -0.682. The predicted molar refractivity (Wildman–Crippen MR) is 115 cm³/mol. The van der Waals surface area contributed by atoms with Gasteiger partial charge in [0, 0.05) is 11.6 Å². The van der Waals surface area contributed by atoms with E-state index in [0.29, 0.717) is 11.1 Å². The lowest BCUT2D eigenvalue weighted by atomic mass is 9.93. The summed E-state index contributed by atoms with van der Waals surface area (Å²) in [4.78, 5) is 33.1. The molecular weight excluding hydrogens is 395 g/mol. The first-order chi connectivity index (χ1) is 15.0. The first-order valence-corrected chi connectivity index (χ1v) is 10.8. The topological polar surface area (TPSA) is 67.2 Å². The number of para-hydroxylation sites is 2. The number of aromatic nitrogens is 2. The molecule has 0 unspecified atom stereocenters. The molecule has 31 heavy (non-hydrogen) atoms. The number of carbonyl (C=O) groups excluding carboxylic acids is 2. The molecule has 2 heterocycles. The van der Waals surface area contributed by atoms with Gasteiger partial charge in [0.05, 0.1) is 24.1 Å². The highest BCUT2D eigenvalue weighted by molar-refractivity contribution is 6.01. The van der Waals surface area contributed by atoms with E-state index in [1.54, 1.807) is 25.1 Å². The number of nitrogens with one attached hydrogen (secondary N) is 1. The zero-order valence-electron chi connectivity index (χ0n) is 17.5. The molecule has 0 bridgehead atoms. The molecule has 1 saturated carbocycles. The van der Waals surface area contributed by atoms with Gasteiger partial charge in [0.25, 0.3) is 5.91 Å². The number of hydrogen-bond acceptors (Lipinski definition) is 3. The van der Waals surface area contributed by atoms with Crippen LogP contribution in [0.5, 0.6) is 0 Å². The second-order valence-corrected chi connectivity index (χ2v) is 8.72. The van der Waals surface area contributed by atoms with Gasteiger partial charge >= 0.3 is 0 Å². The second-order valence-electron chi connectivity index (χ2n) is 8.72. The molecule has 1 aromatic heterocycles. The third-order valence-corrected chi connectivity index (χ3v) is 6.62. The molecule has 3 aromatic rings. The van der Waals surface area contributed by atoms with E-state index in [9.17, 15) is 14.0 Å². The monoisotopic (exact) mass is 420 g/mol. The fourth-order valence-corrected chi connectivity index (χ4v) is 4.79. The average molecular weight is 420 g/mol. The van der Waals surface area contributed by atoms with Crippen LogP contribution in [0.3, 0.4) is 0 Å². The summed E-state index contributed by atoms with van der Waals surface area (Å²) in [5, 5.41) is 3.15. The average Bonchev–Trinajstić information content (AvgIpc) is 3.40. The van der Waals surface area contributed by atoms with E-state index >= 15 is 0 Å². The zero-order chi connectivity index (χ0) is 21.6. The molecule has 0 radical (unpaired) electrons. The van der Waals surface area contributed by atoms with Gasteiger partial charge in [0.2, 0.25) is 5.91 Å². The van der Waals surface area contributed by atoms with Crippen LogP contribution in [-0.2, 0) is 17.9 Å². The van der Waals surface area contributed by atoms with Crippen molar-refractivity contribution in [3.05, 3.63) is 65.7 Å². The lowest BCUT2D eigenvalue weighted by Crippen LogP contribution is -2.64. The number of halogens is 1. The fourth-order valence-electron chi connectivity index (χ4n) is 4.79. The first kappa shape index (κ1) is 19.7. The second kappa shape index (κ2) is 7.48. The number of carbonyl (C=O) groups is 2. The molecule has 1 atom stereocenters. The van der Waals surface area contributed by atoms with Gasteiger partial charge in [0.15, 0.2) is 5.82 Å². The van der Waals surface area contributed by atoms with E-state index in [-0.39, 0.29) is 36.8 Å². The molecule has 2 aromatic carbocycles. The Bertz CT molecular complexity index is 1170. The van der Waals surface area contributed by atoms with Crippen LogP contribution in [0.1, 0.15) is 48.8 Å². The third kappa shape index (κ3) is 3.28. The van der Waals surface area contributed by atoms with Gasteiger partial charge in [-0.15, -0.1) is 0 Å². The van der Waals surface area contributed by atoms with Crippen molar-refractivity contribution in [2.24, 2.45) is 0 Å². The maximum Gasteiger partial charge on any atom is 0.291 e. The Balaban J connectivity index is 1.58. The lowest BCUT2D eigenvalue weighted by molar-refractivity contribution is -0.133. The highest BCUT2D eigenvalue weighted by atomic mass is 19.1. The summed E-state index contributed by atoms with van der Waals surface area (Å²) in [6.07, 6.45) is 4.08. The standard InChI is InChI=1S/C24H25FN4O2/c1-24(23(31)26-17-9-3-4-10-17)15-28-20-13-7-6-12-19(20)27-21(28)22(30)29(24)14-16-8-2-5-11-18(16)25/h2,5-8,11-13,17H,3-4,9-10,14-15H2,1H3,(H,26,31)/t24-/m0/s1. The van der Waals surface area contributed by atoms with E-state index in [2.05, 4.69) is 10.3 Å². The lowest BCUT2D eigenvalue weighted by Gasteiger charge is -2.44. The fraction of sp³-hybridized carbons (Fsp3) is 0.375. The van der Waals surface area contributed by atoms with Gasteiger partial charge in [-0.05, 0) is 38.0 Å². The maximum absolute atomic E-state index is 14.5. The summed E-state index contributed by atoms with van der Waals surface area (Å²) < 4.78 is 16.3. The highest BCUT2D eigenvalue weighted by Gasteiger charge is 2.49. The van der Waals surface area contributed by atoms with Crippen LogP contribution < -0.4 is 5.32 Å². The minimum absolute atomic E-state index is 0.00327. The quantitative estimate of drug-likeness (QED) is 0.701. The van der Waals surface area contributed by atoms with Crippen LogP contribution in [0.25, 0.3) is 11.0 Å². The summed E-state index contributed by atoms with van der Waals surface area (Å²) in [5.41, 5.74) is 0.729. The normalized spacial score (nSPS) is 21.5. The van der Waals surface area contributed by atoms with Crippen LogP contribution in [0, 0.1) is 5.82 Å². The Kier molecular flexibility index (Phi) is 4.76. The Hall–Kier alpha value is -3.22. The maximum atomic E-state index is 14.5. The first-order valence-electron chi connectivity index (χ1n) is 10.8. The Morgan fingerprint density at radius 2 is 1.87 bits per heavy atom. The summed E-state index contributed by atoms with van der Waals surface area (Å²) >= 11 is 0. The molecule has 1 N–H and O–H groups in total. The molecule has 2 aliphatic rings. The molecule has 2 amide bonds. The van der Waals surface area contributed by atoms with Crippen LogP contribution in [0.4, 0.5) is 4.39 Å². The summed E-state index contributed by atoms with van der Waals surface area (Å²) in [6.45, 7) is 2.04. The van der Waals surface area contributed by atoms with E-state index in [4.69, 9.17) is 0 Å². The molecule has 6 nitrogen and oxygen atoms in total. The molecule has 160 valence electrons. The number of rotatable bonds is 4. The number of benzene rings is 2. The van der Waals surface area contributed by atoms with Crippen molar-refractivity contribution in [3.63, 3.8) is 0 Å². The molecule has 1 aliphatic heterocycles. The van der Waals surface area contributed by atoms with Crippen molar-refractivity contribution < 1.29 is 14.0 Å². The van der Waals surface area contributed by atoms with E-state index in [0.717, 1.165) is 31.2 Å². The van der Waals surface area contributed by atoms with E-state index in [1.165, 1.54) is 11.0 Å². The largest absolute Gasteiger partial charge is 0.351 e. The number of fused-ring (bicyclic) bond motifs is 3. The number of imidazole rings is 1. The summed E-state index contributed by atoms with van der Waals surface area (Å²) in [7, 11) is 0. The third-order valence-electron chi connectivity index (χ3n) is 6.62. The molecule has 7 heteroatoms. The van der Waals surface area contributed by atoms with Gasteiger partial charge in [-0.1, -0.05) is 43.2 Å². The molecule has 0 spiro atoms. The molecule has 0 saturated heterocycles. The molecule has 1 aliphatic carbocycles. The summed E-state index contributed by atoms with van der Waals surface area (Å²) in [6, 6.07) is 14.0. The van der Waals surface area contributed by atoms with E-state index in [1.807, 2.05) is 28.8 Å². The zero-order valence-corrected chi connectivity index (χ0v) is 17.5. The van der Waals surface area contributed by atoms with Crippen molar-refractivity contribution in [2.75, 3.05) is 0 Å². The number of nitrogens with zero attached hydrogens (tertiary/aromatic N) is 3. The highest BCUT2D eigenvalue weighted by Crippen LogP contribution is 2.33. The van der Waals surface area contributed by atoms with Crippen LogP contribution in [0.15, 0.2) is 48.5 Å². The van der Waals surface area contributed by atoms with Crippen molar-refractivity contribution in [1.29, 1.82) is 0 Å². The SMILES string of the molecule is C[C@@]1(C(=O)NC2CCCC2)Cn2c(nc3ccccc32)C(=O)N1Cc1ccccc1F. The van der Waals surface area contributed by atoms with Crippen molar-refractivity contribution in [2.45, 2.75) is 57.3 Å². The molecule has 5 rings (SSSR count). The van der Waals surface area contributed by atoms with Crippen LogP contribution in [0.2, 0.25) is 0 Å².